The lowest BCUT2D eigenvalue weighted by Gasteiger charge is -2.18. The molecule has 0 amide bonds. The predicted octanol–water partition coefficient (Wildman–Crippen LogP) is 15.6. The lowest BCUT2D eigenvalue weighted by atomic mass is 9.85. The first-order valence-electron chi connectivity index (χ1n) is 19.8. The zero-order valence-corrected chi connectivity index (χ0v) is 31.2. The zero-order valence-electron chi connectivity index (χ0n) is 31.2. The van der Waals surface area contributed by atoms with E-state index in [2.05, 4.69) is 217 Å². The van der Waals surface area contributed by atoms with E-state index in [0.717, 1.165) is 0 Å². The van der Waals surface area contributed by atoms with Gasteiger partial charge in [-0.15, -0.1) is 0 Å². The Bertz CT molecular complexity index is 3500. The van der Waals surface area contributed by atoms with Crippen LogP contribution >= 0.6 is 0 Å². The van der Waals surface area contributed by atoms with Crippen LogP contribution in [0.15, 0.2) is 212 Å². The Hall–Kier alpha value is -7.48. The Morgan fingerprint density at radius 1 is 0.263 bits per heavy atom. The average molecular weight is 722 g/mol. The van der Waals surface area contributed by atoms with E-state index in [1.165, 1.54) is 115 Å². The fourth-order valence-electron chi connectivity index (χ4n) is 9.68. The van der Waals surface area contributed by atoms with Crippen molar-refractivity contribution in [3.8, 4) is 39.1 Å². The fourth-order valence-corrected chi connectivity index (χ4v) is 9.68. The van der Waals surface area contributed by atoms with E-state index in [0.29, 0.717) is 0 Å². The number of fused-ring (bicyclic) bond motifs is 10. The zero-order chi connectivity index (χ0) is 37.5. The summed E-state index contributed by atoms with van der Waals surface area (Å²) >= 11 is 0. The number of benzene rings is 11. The Kier molecular flexibility index (Phi) is 7.00. The Morgan fingerprint density at radius 3 is 1.44 bits per heavy atom. The molecule has 1 heterocycles. The van der Waals surface area contributed by atoms with E-state index < -0.39 is 0 Å². The first-order chi connectivity index (χ1) is 28.3. The van der Waals surface area contributed by atoms with E-state index in [9.17, 15) is 0 Å². The first-order valence-corrected chi connectivity index (χ1v) is 19.8. The lowest BCUT2D eigenvalue weighted by Crippen LogP contribution is -1.93. The molecule has 0 spiro atoms. The smallest absolute Gasteiger partial charge is 0.0547 e. The van der Waals surface area contributed by atoms with Gasteiger partial charge in [0.05, 0.1) is 11.0 Å². The van der Waals surface area contributed by atoms with Crippen molar-refractivity contribution >= 4 is 75.7 Å². The molecule has 0 aliphatic heterocycles. The Balaban J connectivity index is 1.09. The van der Waals surface area contributed by atoms with Gasteiger partial charge in [-0.2, -0.15) is 0 Å². The highest BCUT2D eigenvalue weighted by molar-refractivity contribution is 6.30. The standard InChI is InChI=1S/C56H35N/c1-3-16-37(17-4-1)53-45-24-9-11-26-47(45)54(48-27-12-10-25-46(48)53)41-20-13-18-38(33-41)43-28-14-19-39-35-50-40(34-49(39)43)30-32-52-56(50)55-44-23-8-7-15-36(44)29-31-51(55)57(52)42-21-5-2-6-22-42/h1-35H. The molecular formula is C56H35N. The second-order valence-electron chi connectivity index (χ2n) is 15.2. The molecule has 1 aromatic heterocycles. The normalized spacial score (nSPS) is 11.9. The van der Waals surface area contributed by atoms with Crippen molar-refractivity contribution in [2.45, 2.75) is 0 Å². The topological polar surface area (TPSA) is 4.93 Å². The number of nitrogens with zero attached hydrogens (tertiary/aromatic N) is 1. The van der Waals surface area contributed by atoms with Crippen LogP contribution in [0.3, 0.4) is 0 Å². The van der Waals surface area contributed by atoms with Gasteiger partial charge in [0, 0.05) is 16.5 Å². The van der Waals surface area contributed by atoms with Crippen molar-refractivity contribution in [3.05, 3.63) is 212 Å². The van der Waals surface area contributed by atoms with E-state index in [-0.39, 0.29) is 0 Å². The van der Waals surface area contributed by atoms with Gasteiger partial charge in [0.1, 0.15) is 0 Å². The maximum Gasteiger partial charge on any atom is 0.0547 e. The third-order valence-corrected chi connectivity index (χ3v) is 12.1. The molecule has 0 unspecified atom stereocenters. The highest BCUT2D eigenvalue weighted by atomic mass is 15.0. The maximum atomic E-state index is 2.43. The van der Waals surface area contributed by atoms with Crippen LogP contribution in [0.2, 0.25) is 0 Å². The molecule has 0 saturated carbocycles. The van der Waals surface area contributed by atoms with Crippen LogP contribution in [0, 0.1) is 0 Å². The Labute approximate surface area is 330 Å². The van der Waals surface area contributed by atoms with Crippen LogP contribution in [-0.4, -0.2) is 4.57 Å². The quantitative estimate of drug-likeness (QED) is 0.160. The summed E-state index contributed by atoms with van der Waals surface area (Å²) < 4.78 is 2.43. The molecule has 0 atom stereocenters. The van der Waals surface area contributed by atoms with Crippen LogP contribution in [0.5, 0.6) is 0 Å². The number of hydrogen-bond donors (Lipinski definition) is 0. The molecule has 1 heteroatoms. The third-order valence-electron chi connectivity index (χ3n) is 12.1. The fraction of sp³-hybridized carbons (Fsp3) is 0. The average Bonchev–Trinajstić information content (AvgIpc) is 3.63. The second kappa shape index (κ2) is 12.5. The molecule has 0 saturated heterocycles. The van der Waals surface area contributed by atoms with Crippen LogP contribution in [0.1, 0.15) is 0 Å². The number of rotatable bonds is 4. The summed E-state index contributed by atoms with van der Waals surface area (Å²) in [6, 6.07) is 78.2. The predicted molar refractivity (Wildman–Crippen MR) is 245 cm³/mol. The highest BCUT2D eigenvalue weighted by Gasteiger charge is 2.20. The van der Waals surface area contributed by atoms with E-state index >= 15 is 0 Å². The van der Waals surface area contributed by atoms with Crippen molar-refractivity contribution in [1.29, 1.82) is 0 Å². The van der Waals surface area contributed by atoms with E-state index in [1.54, 1.807) is 0 Å². The number of aromatic nitrogens is 1. The summed E-state index contributed by atoms with van der Waals surface area (Å²) in [5, 5.41) is 15.2. The van der Waals surface area contributed by atoms with Gasteiger partial charge in [0.2, 0.25) is 0 Å². The summed E-state index contributed by atoms with van der Waals surface area (Å²) in [5.41, 5.74) is 11.1. The molecule has 0 aliphatic rings. The van der Waals surface area contributed by atoms with Crippen molar-refractivity contribution in [2.24, 2.45) is 0 Å². The maximum absolute atomic E-state index is 2.43. The van der Waals surface area contributed by atoms with Gasteiger partial charge in [-0.3, -0.25) is 0 Å². The molecule has 0 N–H and O–H groups in total. The highest BCUT2D eigenvalue weighted by Crippen LogP contribution is 2.46. The number of para-hydroxylation sites is 1. The summed E-state index contributed by atoms with van der Waals surface area (Å²) in [7, 11) is 0. The molecule has 12 rings (SSSR count). The van der Waals surface area contributed by atoms with Gasteiger partial charge in [0.25, 0.3) is 0 Å². The molecule has 0 fully saturated rings. The van der Waals surface area contributed by atoms with Crippen LogP contribution in [-0.2, 0) is 0 Å². The van der Waals surface area contributed by atoms with E-state index in [1.807, 2.05) is 0 Å². The molecular weight excluding hydrogens is 687 g/mol. The molecule has 57 heavy (non-hydrogen) atoms. The van der Waals surface area contributed by atoms with Crippen LogP contribution in [0.25, 0.3) is 115 Å². The van der Waals surface area contributed by atoms with Crippen LogP contribution in [0.4, 0.5) is 0 Å². The van der Waals surface area contributed by atoms with Crippen molar-refractivity contribution in [2.75, 3.05) is 0 Å². The van der Waals surface area contributed by atoms with Gasteiger partial charge >= 0.3 is 0 Å². The molecule has 0 radical (unpaired) electrons. The Morgan fingerprint density at radius 2 is 0.737 bits per heavy atom. The summed E-state index contributed by atoms with van der Waals surface area (Å²) in [5.74, 6) is 0. The SMILES string of the molecule is c1ccc(-c2c3ccccc3c(-c3cccc(-c4cccc5cc6c(ccc7c6c6c8ccccc8ccc6n7-c6ccccc6)cc45)c3)c3ccccc23)cc1. The summed E-state index contributed by atoms with van der Waals surface area (Å²) in [4.78, 5) is 0. The lowest BCUT2D eigenvalue weighted by molar-refractivity contribution is 1.18. The van der Waals surface area contributed by atoms with Gasteiger partial charge in [-0.1, -0.05) is 170 Å². The molecule has 12 aromatic rings. The van der Waals surface area contributed by atoms with E-state index in [4.69, 9.17) is 0 Å². The molecule has 11 aromatic carbocycles. The third kappa shape index (κ3) is 4.83. The minimum Gasteiger partial charge on any atom is -0.309 e. The van der Waals surface area contributed by atoms with Gasteiger partial charge in [-0.25, -0.2) is 0 Å². The first kappa shape index (κ1) is 31.8. The van der Waals surface area contributed by atoms with Gasteiger partial charge in [0.15, 0.2) is 0 Å². The minimum absolute atomic E-state index is 1.17. The van der Waals surface area contributed by atoms with Crippen molar-refractivity contribution in [3.63, 3.8) is 0 Å². The van der Waals surface area contributed by atoms with Crippen molar-refractivity contribution < 1.29 is 0 Å². The van der Waals surface area contributed by atoms with Gasteiger partial charge in [-0.05, 0) is 130 Å². The monoisotopic (exact) mass is 721 g/mol. The second-order valence-corrected chi connectivity index (χ2v) is 15.2. The number of hydrogen-bond acceptors (Lipinski definition) is 0. The molecule has 264 valence electrons. The van der Waals surface area contributed by atoms with Gasteiger partial charge < -0.3 is 4.57 Å². The molecule has 0 aliphatic carbocycles. The van der Waals surface area contributed by atoms with Crippen LogP contribution < -0.4 is 0 Å². The van der Waals surface area contributed by atoms with Crippen molar-refractivity contribution in [1.82, 2.24) is 4.57 Å². The minimum atomic E-state index is 1.17. The molecule has 1 nitrogen and oxygen atoms in total. The summed E-state index contributed by atoms with van der Waals surface area (Å²) in [6.07, 6.45) is 0. The largest absolute Gasteiger partial charge is 0.309 e. The summed E-state index contributed by atoms with van der Waals surface area (Å²) in [6.45, 7) is 0. The molecule has 0 bridgehead atoms.